The Morgan fingerprint density at radius 1 is 1.67 bits per heavy atom. The van der Waals surface area contributed by atoms with Gasteiger partial charge in [-0.1, -0.05) is 12.8 Å². The molecular formula is C5H12S. The Bertz CT molecular complexity index is 47.9. The van der Waals surface area contributed by atoms with E-state index in [2.05, 4.69) is 19.0 Å². The zero-order valence-electron chi connectivity index (χ0n) is 4.53. The minimum atomic E-state index is 0.434. The molecule has 0 N–H and O–H groups in total. The van der Waals surface area contributed by atoms with E-state index in [9.17, 15) is 0 Å². The molecular weight excluding hydrogens is 92.1 g/mol. The van der Waals surface area contributed by atoms with Crippen molar-refractivity contribution >= 4 is 16.4 Å². The van der Waals surface area contributed by atoms with Crippen LogP contribution in [-0.2, 0) is 0 Å². The van der Waals surface area contributed by atoms with Gasteiger partial charge in [0, 0.05) is 0 Å². The number of rotatable bonds is 2. The van der Waals surface area contributed by atoms with Gasteiger partial charge in [-0.25, -0.2) is 0 Å². The molecule has 0 nitrogen and oxygen atoms in total. The molecule has 0 bridgehead atoms. The summed E-state index contributed by atoms with van der Waals surface area (Å²) in [6.45, 7) is 2.19. The predicted molar refractivity (Wildman–Crippen MR) is 35.8 cm³/mol. The van der Waals surface area contributed by atoms with Crippen molar-refractivity contribution in [2.45, 2.75) is 13.3 Å². The average molecular weight is 104 g/mol. The van der Waals surface area contributed by atoms with Gasteiger partial charge in [-0.2, -0.15) is 10.5 Å². The highest BCUT2D eigenvalue weighted by Gasteiger charge is 1.73. The molecule has 0 aliphatic heterocycles. The summed E-state index contributed by atoms with van der Waals surface area (Å²) in [5.74, 6) is 5.15. The van der Waals surface area contributed by atoms with E-state index in [0.717, 1.165) is 0 Å². The lowest BCUT2D eigenvalue weighted by Crippen LogP contribution is -1.71. The van der Waals surface area contributed by atoms with Gasteiger partial charge in [-0.15, -0.1) is 0 Å². The van der Waals surface area contributed by atoms with E-state index in [-0.39, 0.29) is 0 Å². The smallest absolute Gasteiger partial charge is 0.0128 e. The first kappa shape index (κ1) is 6.22. The van der Waals surface area contributed by atoms with Crippen molar-refractivity contribution in [2.75, 3.05) is 12.0 Å². The minimum Gasteiger partial charge on any atom is -0.196 e. The Balaban J connectivity index is 2.83. The average Bonchev–Trinajstić information content (AvgIpc) is 1.35. The van der Waals surface area contributed by atoms with Gasteiger partial charge in [0.05, 0.1) is 0 Å². The topological polar surface area (TPSA) is 0 Å². The third-order valence-corrected chi connectivity index (χ3v) is 1.66. The third kappa shape index (κ3) is 4.22. The van der Waals surface area contributed by atoms with Crippen molar-refractivity contribution in [2.24, 2.45) is 0 Å². The van der Waals surface area contributed by atoms with Gasteiger partial charge >= 0.3 is 0 Å². The second kappa shape index (κ2) is 3.41. The number of hydrogen-bond donors (Lipinski definition) is 0. The molecule has 0 rings (SSSR count). The Hall–Kier alpha value is 0.220. The van der Waals surface area contributed by atoms with Crippen LogP contribution in [0.5, 0.6) is 0 Å². The van der Waals surface area contributed by atoms with Crippen LogP contribution in [0.2, 0.25) is 0 Å². The second-order valence-electron chi connectivity index (χ2n) is 1.49. The molecule has 0 radical (unpaired) electrons. The normalized spacial score (nSPS) is 14.3. The van der Waals surface area contributed by atoms with Crippen LogP contribution in [0.1, 0.15) is 13.3 Å². The first-order chi connectivity index (χ1) is 2.77. The molecule has 0 aliphatic rings. The summed E-state index contributed by atoms with van der Waals surface area (Å²) in [4.78, 5) is 0. The highest BCUT2D eigenvalue weighted by atomic mass is 32.2. The van der Waals surface area contributed by atoms with E-state index in [1.807, 2.05) is 0 Å². The molecule has 6 heavy (non-hydrogen) atoms. The summed E-state index contributed by atoms with van der Waals surface area (Å²) < 4.78 is 0. The van der Waals surface area contributed by atoms with Gasteiger partial charge in [-0.3, -0.25) is 0 Å². The molecule has 1 unspecified atom stereocenters. The van der Waals surface area contributed by atoms with E-state index < -0.39 is 0 Å². The highest BCUT2D eigenvalue weighted by molar-refractivity contribution is 8.13. The number of hydrogen-bond acceptors (Lipinski definition) is 0. The van der Waals surface area contributed by atoms with Crippen molar-refractivity contribution in [3.05, 3.63) is 0 Å². The minimum absolute atomic E-state index is 0.434. The Morgan fingerprint density at radius 2 is 2.17 bits per heavy atom. The van der Waals surface area contributed by atoms with E-state index in [0.29, 0.717) is 10.5 Å². The molecule has 0 fully saturated rings. The maximum Gasteiger partial charge on any atom is -0.0128 e. The van der Waals surface area contributed by atoms with Gasteiger partial charge in [-0.05, 0) is 18.4 Å². The Labute approximate surface area is 42.5 Å². The quantitative estimate of drug-likeness (QED) is 0.468. The van der Waals surface area contributed by atoms with Gasteiger partial charge in [0.2, 0.25) is 0 Å². The summed E-state index contributed by atoms with van der Waals surface area (Å²) in [7, 11) is 0.434. The van der Waals surface area contributed by atoms with E-state index in [1.165, 1.54) is 12.2 Å². The fourth-order valence-corrected chi connectivity index (χ4v) is 1.05. The molecule has 0 aliphatic carbocycles. The summed E-state index contributed by atoms with van der Waals surface area (Å²) in [6.07, 6.45) is 3.45. The van der Waals surface area contributed by atoms with E-state index in [1.54, 1.807) is 0 Å². The molecule has 0 aromatic rings. The highest BCUT2D eigenvalue weighted by Crippen LogP contribution is 2.01. The van der Waals surface area contributed by atoms with Crippen LogP contribution in [0.4, 0.5) is 0 Å². The third-order valence-electron chi connectivity index (χ3n) is 0.553. The SMILES string of the molecule is C=S(C)CCC. The zero-order valence-corrected chi connectivity index (χ0v) is 5.35. The molecule has 0 saturated carbocycles. The van der Waals surface area contributed by atoms with Crippen molar-refractivity contribution in [3.63, 3.8) is 0 Å². The van der Waals surface area contributed by atoms with Gasteiger partial charge in [0.1, 0.15) is 0 Å². The first-order valence-electron chi connectivity index (χ1n) is 2.19. The maximum atomic E-state index is 3.86. The van der Waals surface area contributed by atoms with Gasteiger partial charge in [0.25, 0.3) is 0 Å². The molecule has 38 valence electrons. The monoisotopic (exact) mass is 104 g/mol. The maximum absolute atomic E-state index is 3.86. The van der Waals surface area contributed by atoms with Crippen LogP contribution in [-0.4, -0.2) is 17.9 Å². The first-order valence-corrected chi connectivity index (χ1v) is 4.16. The lowest BCUT2D eigenvalue weighted by Gasteiger charge is -1.90. The van der Waals surface area contributed by atoms with Crippen LogP contribution in [0.3, 0.4) is 0 Å². The van der Waals surface area contributed by atoms with Crippen molar-refractivity contribution in [1.82, 2.24) is 0 Å². The fourth-order valence-electron chi connectivity index (χ4n) is 0.348. The Morgan fingerprint density at radius 3 is 2.17 bits per heavy atom. The van der Waals surface area contributed by atoms with Crippen LogP contribution in [0.25, 0.3) is 0 Å². The second-order valence-corrected chi connectivity index (χ2v) is 3.46. The molecule has 1 heteroatoms. The molecule has 0 spiro atoms. The Kier molecular flexibility index (Phi) is 3.54. The fraction of sp³-hybridized carbons (Fsp3) is 0.800. The molecule has 0 heterocycles. The predicted octanol–water partition coefficient (Wildman–Crippen LogP) is 1.73. The van der Waals surface area contributed by atoms with Gasteiger partial charge < -0.3 is 0 Å². The summed E-state index contributed by atoms with van der Waals surface area (Å²) >= 11 is 0. The molecule has 1 atom stereocenters. The van der Waals surface area contributed by atoms with E-state index >= 15 is 0 Å². The van der Waals surface area contributed by atoms with Crippen molar-refractivity contribution in [1.29, 1.82) is 0 Å². The zero-order chi connectivity index (χ0) is 4.99. The van der Waals surface area contributed by atoms with Crippen molar-refractivity contribution in [3.8, 4) is 0 Å². The lowest BCUT2D eigenvalue weighted by molar-refractivity contribution is 1.11. The lowest BCUT2D eigenvalue weighted by atomic mass is 10.6. The van der Waals surface area contributed by atoms with Crippen molar-refractivity contribution < 1.29 is 0 Å². The van der Waals surface area contributed by atoms with Crippen LogP contribution < -0.4 is 0 Å². The molecule has 0 aromatic heterocycles. The molecule has 0 amide bonds. The molecule has 0 aromatic carbocycles. The van der Waals surface area contributed by atoms with E-state index in [4.69, 9.17) is 0 Å². The van der Waals surface area contributed by atoms with Crippen LogP contribution in [0.15, 0.2) is 0 Å². The standard InChI is InChI=1S/C5H12S/c1-4-5-6(2)3/h2,4-5H2,1,3H3. The van der Waals surface area contributed by atoms with Crippen LogP contribution in [0, 0.1) is 0 Å². The largest absolute Gasteiger partial charge is 0.196 e. The molecule has 0 saturated heterocycles. The summed E-state index contributed by atoms with van der Waals surface area (Å²) in [5, 5.41) is 0. The summed E-state index contributed by atoms with van der Waals surface area (Å²) in [5.41, 5.74) is 0. The van der Waals surface area contributed by atoms with Gasteiger partial charge in [0.15, 0.2) is 0 Å². The van der Waals surface area contributed by atoms with Crippen LogP contribution >= 0.6 is 10.5 Å². The summed E-state index contributed by atoms with van der Waals surface area (Å²) in [6, 6.07) is 0.